The summed E-state index contributed by atoms with van der Waals surface area (Å²) in [5.74, 6) is 5.13. The first-order chi connectivity index (χ1) is 6.64. The number of nitrogens with zero attached hydrogens (tertiary/aromatic N) is 1. The van der Waals surface area contributed by atoms with Crippen molar-refractivity contribution in [3.8, 4) is 0 Å². The van der Waals surface area contributed by atoms with Crippen molar-refractivity contribution in [1.82, 2.24) is 0 Å². The van der Waals surface area contributed by atoms with Crippen LogP contribution in [-0.2, 0) is 21.0 Å². The van der Waals surface area contributed by atoms with Gasteiger partial charge in [0.1, 0.15) is 0 Å². The lowest BCUT2D eigenvalue weighted by molar-refractivity contribution is 0.289. The minimum atomic E-state index is -2.55. The van der Waals surface area contributed by atoms with Gasteiger partial charge in [-0.2, -0.15) is 0 Å². The summed E-state index contributed by atoms with van der Waals surface area (Å²) in [6.07, 6.45) is 0. The Balaban J connectivity index is 2.95. The highest BCUT2D eigenvalue weighted by Gasteiger charge is 2.23. The third-order valence-electron chi connectivity index (χ3n) is 1.86. The molecule has 14 heavy (non-hydrogen) atoms. The van der Waals surface area contributed by atoms with E-state index in [1.54, 1.807) is 11.7 Å². The van der Waals surface area contributed by atoms with E-state index in [4.69, 9.17) is 26.9 Å². The number of nitrogens with two attached hydrogens (primary N) is 1. The molecule has 0 aliphatic carbocycles. The van der Waals surface area contributed by atoms with Crippen LogP contribution in [0.4, 0.5) is 5.69 Å². The minimum Gasteiger partial charge on any atom is -0.316 e. The third-order valence-corrected chi connectivity index (χ3v) is 5.00. The molecular weight excluding hydrogens is 219 g/mol. The number of rotatable bonds is 4. The Morgan fingerprint density at radius 1 is 1.36 bits per heavy atom. The molecule has 1 atom stereocenters. The molecular formula is C8H13N2O2PS. The van der Waals surface area contributed by atoms with Crippen molar-refractivity contribution >= 4 is 24.1 Å². The van der Waals surface area contributed by atoms with E-state index in [0.29, 0.717) is 0 Å². The number of hydrogen-bond donors (Lipinski definition) is 1. The van der Waals surface area contributed by atoms with Gasteiger partial charge in [-0.05, 0) is 23.9 Å². The fourth-order valence-electron chi connectivity index (χ4n) is 1.02. The SMILES string of the molecule is COP(=S)(ON)N(C)c1ccccc1. The highest BCUT2D eigenvalue weighted by molar-refractivity contribution is 8.10. The Morgan fingerprint density at radius 2 is 1.93 bits per heavy atom. The van der Waals surface area contributed by atoms with E-state index in [0.717, 1.165) is 5.69 Å². The minimum absolute atomic E-state index is 0.920. The first-order valence-electron chi connectivity index (χ1n) is 3.97. The number of para-hydroxylation sites is 1. The first kappa shape index (κ1) is 11.6. The second-order valence-electron chi connectivity index (χ2n) is 2.62. The van der Waals surface area contributed by atoms with Crippen LogP contribution >= 0.6 is 6.64 Å². The maximum absolute atomic E-state index is 5.18. The summed E-state index contributed by atoms with van der Waals surface area (Å²) < 4.78 is 11.6. The lowest BCUT2D eigenvalue weighted by Crippen LogP contribution is -2.18. The molecule has 0 bridgehead atoms. The highest BCUT2D eigenvalue weighted by Crippen LogP contribution is 2.50. The normalized spacial score (nSPS) is 14.8. The molecule has 0 aliphatic rings. The highest BCUT2D eigenvalue weighted by atomic mass is 32.5. The average Bonchev–Trinajstić information content (AvgIpc) is 2.28. The maximum Gasteiger partial charge on any atom is 0.306 e. The second kappa shape index (κ2) is 4.87. The predicted octanol–water partition coefficient (Wildman–Crippen LogP) is 1.88. The molecule has 0 aliphatic heterocycles. The molecule has 1 unspecified atom stereocenters. The summed E-state index contributed by atoms with van der Waals surface area (Å²) in [4.78, 5) is 0. The Morgan fingerprint density at radius 3 is 2.36 bits per heavy atom. The van der Waals surface area contributed by atoms with Gasteiger partial charge in [-0.3, -0.25) is 0 Å². The van der Waals surface area contributed by atoms with Crippen molar-refractivity contribution in [2.75, 3.05) is 18.8 Å². The zero-order chi connectivity index (χ0) is 10.6. The van der Waals surface area contributed by atoms with Gasteiger partial charge in [0.2, 0.25) is 0 Å². The second-order valence-corrected chi connectivity index (χ2v) is 6.11. The van der Waals surface area contributed by atoms with Crippen molar-refractivity contribution in [1.29, 1.82) is 0 Å². The quantitative estimate of drug-likeness (QED) is 0.634. The molecule has 0 fully saturated rings. The van der Waals surface area contributed by atoms with Crippen LogP contribution in [0, 0.1) is 0 Å². The van der Waals surface area contributed by atoms with E-state index < -0.39 is 6.64 Å². The molecule has 0 saturated heterocycles. The van der Waals surface area contributed by atoms with E-state index >= 15 is 0 Å². The Labute approximate surface area is 88.8 Å². The number of hydrogen-bond acceptors (Lipinski definition) is 4. The van der Waals surface area contributed by atoms with Crippen molar-refractivity contribution < 1.29 is 9.15 Å². The van der Waals surface area contributed by atoms with Crippen LogP contribution in [0.2, 0.25) is 0 Å². The van der Waals surface area contributed by atoms with E-state index in [-0.39, 0.29) is 0 Å². The van der Waals surface area contributed by atoms with E-state index in [1.165, 1.54) is 7.11 Å². The van der Waals surface area contributed by atoms with Gasteiger partial charge >= 0.3 is 6.64 Å². The lowest BCUT2D eigenvalue weighted by Gasteiger charge is -2.28. The van der Waals surface area contributed by atoms with Crippen molar-refractivity contribution in [3.05, 3.63) is 30.3 Å². The Bertz CT molecular complexity index is 325. The molecule has 1 aromatic carbocycles. The zero-order valence-electron chi connectivity index (χ0n) is 8.08. The average molecular weight is 232 g/mol. The Hall–Kier alpha value is -0.450. The fourth-order valence-corrected chi connectivity index (χ4v) is 2.19. The summed E-state index contributed by atoms with van der Waals surface area (Å²) in [5.41, 5.74) is 0.920. The number of benzene rings is 1. The summed E-state index contributed by atoms with van der Waals surface area (Å²) in [5, 5.41) is 0. The molecule has 4 nitrogen and oxygen atoms in total. The van der Waals surface area contributed by atoms with Crippen LogP contribution in [0.1, 0.15) is 0 Å². The summed E-state index contributed by atoms with van der Waals surface area (Å²) >= 11 is 5.18. The summed E-state index contributed by atoms with van der Waals surface area (Å²) in [7, 11) is 3.29. The van der Waals surface area contributed by atoms with Crippen molar-refractivity contribution in [2.45, 2.75) is 0 Å². The molecule has 6 heteroatoms. The molecule has 0 heterocycles. The topological polar surface area (TPSA) is 47.7 Å². The Kier molecular flexibility index (Phi) is 4.04. The summed E-state index contributed by atoms with van der Waals surface area (Å²) in [6, 6.07) is 9.59. The van der Waals surface area contributed by atoms with Crippen molar-refractivity contribution in [2.24, 2.45) is 5.90 Å². The van der Waals surface area contributed by atoms with Gasteiger partial charge in [0.15, 0.2) is 0 Å². The third kappa shape index (κ3) is 2.32. The molecule has 1 rings (SSSR count). The number of anilines is 1. The van der Waals surface area contributed by atoms with E-state index in [2.05, 4.69) is 0 Å². The van der Waals surface area contributed by atoms with E-state index in [1.807, 2.05) is 30.3 Å². The molecule has 0 spiro atoms. The zero-order valence-corrected chi connectivity index (χ0v) is 9.79. The summed E-state index contributed by atoms with van der Waals surface area (Å²) in [6.45, 7) is -2.55. The van der Waals surface area contributed by atoms with Gasteiger partial charge in [0.25, 0.3) is 0 Å². The molecule has 1 aromatic rings. The van der Waals surface area contributed by atoms with Crippen LogP contribution in [0.15, 0.2) is 30.3 Å². The first-order valence-corrected chi connectivity index (χ1v) is 6.56. The van der Waals surface area contributed by atoms with Crippen LogP contribution < -0.4 is 10.6 Å². The maximum atomic E-state index is 5.18. The van der Waals surface area contributed by atoms with Crippen molar-refractivity contribution in [3.63, 3.8) is 0 Å². The van der Waals surface area contributed by atoms with Gasteiger partial charge in [-0.1, -0.05) is 18.2 Å². The van der Waals surface area contributed by atoms with Gasteiger partial charge in [-0.15, -0.1) is 0 Å². The van der Waals surface area contributed by atoms with Gasteiger partial charge in [0.05, 0.1) is 0 Å². The fraction of sp³-hybridized carbons (Fsp3) is 0.250. The van der Waals surface area contributed by atoms with Crippen LogP contribution in [-0.4, -0.2) is 14.2 Å². The monoisotopic (exact) mass is 232 g/mol. The van der Waals surface area contributed by atoms with Crippen LogP contribution in [0.5, 0.6) is 0 Å². The van der Waals surface area contributed by atoms with Gasteiger partial charge in [0, 0.05) is 19.8 Å². The molecule has 0 radical (unpaired) electrons. The molecule has 0 saturated carbocycles. The molecule has 0 aromatic heterocycles. The smallest absolute Gasteiger partial charge is 0.306 e. The molecule has 0 amide bonds. The molecule has 78 valence electrons. The predicted molar refractivity (Wildman–Crippen MR) is 61.4 cm³/mol. The van der Waals surface area contributed by atoms with E-state index in [9.17, 15) is 0 Å². The standard InChI is InChI=1S/C8H13N2O2PS/c1-10(13(14,11-2)12-9)8-6-4-3-5-7-8/h3-7H,9H2,1-2H3. The molecule has 2 N–H and O–H groups in total. The van der Waals surface area contributed by atoms with Crippen LogP contribution in [0.25, 0.3) is 0 Å². The largest absolute Gasteiger partial charge is 0.316 e. The van der Waals surface area contributed by atoms with Gasteiger partial charge in [-0.25, -0.2) is 10.5 Å². The van der Waals surface area contributed by atoms with Gasteiger partial charge < -0.3 is 9.19 Å². The van der Waals surface area contributed by atoms with Crippen LogP contribution in [0.3, 0.4) is 0 Å². The lowest BCUT2D eigenvalue weighted by atomic mass is 10.3.